The van der Waals surface area contributed by atoms with Crippen molar-refractivity contribution in [2.45, 2.75) is 38.0 Å². The fraction of sp³-hybridized carbons (Fsp3) is 0.400. The van der Waals surface area contributed by atoms with E-state index in [1.54, 1.807) is 24.3 Å². The summed E-state index contributed by atoms with van der Waals surface area (Å²) in [6.07, 6.45) is -1.99. The van der Waals surface area contributed by atoms with Gasteiger partial charge in [0.1, 0.15) is 11.5 Å². The molecule has 3 N–H and O–H groups in total. The van der Waals surface area contributed by atoms with E-state index in [0.29, 0.717) is 37.0 Å². The monoisotopic (exact) mass is 508 g/mol. The highest BCUT2D eigenvalue weighted by atomic mass is 19.4. The van der Waals surface area contributed by atoms with E-state index in [4.69, 9.17) is 9.84 Å². The Hall–Kier alpha value is -3.76. The summed E-state index contributed by atoms with van der Waals surface area (Å²) in [4.78, 5) is 35.5. The molecule has 3 rings (SSSR count). The molecule has 1 aliphatic carbocycles. The quantitative estimate of drug-likeness (QED) is 0.421. The third kappa shape index (κ3) is 8.47. The van der Waals surface area contributed by atoms with E-state index in [9.17, 15) is 27.6 Å². The molecular formula is C25H27F3N2O6. The van der Waals surface area contributed by atoms with Gasteiger partial charge in [0.2, 0.25) is 0 Å². The molecule has 0 heterocycles. The Bertz CT molecular complexity index is 1030. The van der Waals surface area contributed by atoms with Crippen LogP contribution in [0, 0.1) is 5.92 Å². The lowest BCUT2D eigenvalue weighted by Crippen LogP contribution is -2.34. The summed E-state index contributed by atoms with van der Waals surface area (Å²) in [6.45, 7) is -1.09. The molecule has 194 valence electrons. The predicted molar refractivity (Wildman–Crippen MR) is 123 cm³/mol. The number of amides is 2. The van der Waals surface area contributed by atoms with Gasteiger partial charge in [-0.15, -0.1) is 0 Å². The van der Waals surface area contributed by atoms with Crippen LogP contribution in [0.3, 0.4) is 0 Å². The number of benzene rings is 2. The number of halogens is 3. The molecule has 0 bridgehead atoms. The third-order valence-electron chi connectivity index (χ3n) is 5.66. The summed E-state index contributed by atoms with van der Waals surface area (Å²) in [5.41, 5.74) is 0.658. The summed E-state index contributed by atoms with van der Waals surface area (Å²) in [6, 6.07) is 11.9. The molecule has 36 heavy (non-hydrogen) atoms. The number of carbonyl (C=O) groups excluding carboxylic acids is 2. The van der Waals surface area contributed by atoms with Crippen LogP contribution < -0.4 is 20.1 Å². The molecule has 11 heteroatoms. The Morgan fingerprint density at radius 1 is 0.806 bits per heavy atom. The van der Waals surface area contributed by atoms with E-state index >= 15 is 0 Å². The van der Waals surface area contributed by atoms with Crippen LogP contribution in [0.1, 0.15) is 46.4 Å². The van der Waals surface area contributed by atoms with Crippen molar-refractivity contribution < 1.29 is 42.1 Å². The van der Waals surface area contributed by atoms with Crippen LogP contribution in [0.2, 0.25) is 0 Å². The lowest BCUT2D eigenvalue weighted by molar-refractivity contribution is -0.153. The molecule has 8 nitrogen and oxygen atoms in total. The summed E-state index contributed by atoms with van der Waals surface area (Å²) in [7, 11) is 0. The lowest BCUT2D eigenvalue weighted by Gasteiger charge is -2.26. The maximum absolute atomic E-state index is 12.3. The van der Waals surface area contributed by atoms with Crippen molar-refractivity contribution in [1.29, 1.82) is 0 Å². The Morgan fingerprint density at radius 3 is 1.72 bits per heavy atom. The zero-order valence-electron chi connectivity index (χ0n) is 19.3. The number of aliphatic carboxylic acids is 1. The highest BCUT2D eigenvalue weighted by Crippen LogP contribution is 2.28. The molecular weight excluding hydrogens is 481 g/mol. The summed E-state index contributed by atoms with van der Waals surface area (Å²) in [5, 5.41) is 14.4. The second kappa shape index (κ2) is 12.3. The first-order chi connectivity index (χ1) is 17.1. The van der Waals surface area contributed by atoms with E-state index < -0.39 is 24.7 Å². The smallest absolute Gasteiger partial charge is 0.422 e. The van der Waals surface area contributed by atoms with Crippen LogP contribution in [0.5, 0.6) is 11.5 Å². The average molecular weight is 508 g/mol. The van der Waals surface area contributed by atoms with Crippen molar-refractivity contribution in [2.24, 2.45) is 5.92 Å². The normalized spacial score (nSPS) is 17.6. The molecule has 0 spiro atoms. The van der Waals surface area contributed by atoms with E-state index in [-0.39, 0.29) is 42.3 Å². The minimum absolute atomic E-state index is 0.00174. The number of carboxylic acid groups (broad SMARTS) is 1. The highest BCUT2D eigenvalue weighted by molar-refractivity contribution is 5.95. The number of hydrogen-bond donors (Lipinski definition) is 3. The molecule has 2 aromatic rings. The first kappa shape index (κ1) is 26.8. The van der Waals surface area contributed by atoms with Crippen LogP contribution in [-0.4, -0.2) is 54.9 Å². The number of hydrogen-bond acceptors (Lipinski definition) is 5. The highest BCUT2D eigenvalue weighted by Gasteiger charge is 2.28. The van der Waals surface area contributed by atoms with Gasteiger partial charge in [-0.25, -0.2) is 0 Å². The molecule has 2 aromatic carbocycles. The first-order valence-electron chi connectivity index (χ1n) is 11.5. The molecule has 1 saturated carbocycles. The van der Waals surface area contributed by atoms with Gasteiger partial charge >= 0.3 is 12.1 Å². The van der Waals surface area contributed by atoms with Crippen molar-refractivity contribution >= 4 is 17.8 Å². The Labute approximate surface area is 205 Å². The number of alkyl halides is 3. The topological polar surface area (TPSA) is 114 Å². The summed E-state index contributed by atoms with van der Waals surface area (Å²) < 4.78 is 47.0. The molecule has 0 saturated heterocycles. The van der Waals surface area contributed by atoms with Gasteiger partial charge in [0.05, 0.1) is 12.0 Å². The van der Waals surface area contributed by atoms with Gasteiger partial charge in [-0.2, -0.15) is 13.2 Å². The van der Waals surface area contributed by atoms with Crippen molar-refractivity contribution in [2.75, 3.05) is 19.7 Å². The molecule has 1 fully saturated rings. The van der Waals surface area contributed by atoms with Crippen LogP contribution >= 0.6 is 0 Å². The van der Waals surface area contributed by atoms with E-state index in [0.717, 1.165) is 0 Å². The summed E-state index contributed by atoms with van der Waals surface area (Å²) >= 11 is 0. The van der Waals surface area contributed by atoms with Gasteiger partial charge in [-0.3, -0.25) is 14.4 Å². The first-order valence-corrected chi connectivity index (χ1v) is 11.5. The second-order valence-corrected chi connectivity index (χ2v) is 8.39. The molecule has 0 atom stereocenters. The van der Waals surface area contributed by atoms with Gasteiger partial charge in [0, 0.05) is 24.2 Å². The Balaban J connectivity index is 1.36. The standard InChI is InChI=1S/C25H27F3N2O6/c26-25(27,28)15-35-19-7-1-16(2-8-19)22(31)29-13-14-30-23(32)17-3-9-20(10-4-17)36-21-11-5-18(6-12-21)24(33)34/h1-4,7-10,18,21H,5-6,11-15H2,(H,29,31)(H,30,32)(H,33,34). The van der Waals surface area contributed by atoms with E-state index in [1.165, 1.54) is 24.3 Å². The fourth-order valence-corrected chi connectivity index (χ4v) is 3.73. The summed E-state index contributed by atoms with van der Waals surface area (Å²) in [5.74, 6) is -1.25. The van der Waals surface area contributed by atoms with Gasteiger partial charge < -0.3 is 25.2 Å². The average Bonchev–Trinajstić information content (AvgIpc) is 2.86. The van der Waals surface area contributed by atoms with Crippen molar-refractivity contribution in [3.05, 3.63) is 59.7 Å². The number of rotatable bonds is 10. The van der Waals surface area contributed by atoms with Gasteiger partial charge in [0.25, 0.3) is 11.8 Å². The lowest BCUT2D eigenvalue weighted by atomic mass is 9.87. The van der Waals surface area contributed by atoms with Crippen LogP contribution in [0.4, 0.5) is 13.2 Å². The maximum atomic E-state index is 12.3. The third-order valence-corrected chi connectivity index (χ3v) is 5.66. The van der Waals surface area contributed by atoms with Gasteiger partial charge in [0.15, 0.2) is 6.61 Å². The largest absolute Gasteiger partial charge is 0.490 e. The van der Waals surface area contributed by atoms with Crippen LogP contribution in [0.25, 0.3) is 0 Å². The fourth-order valence-electron chi connectivity index (χ4n) is 3.73. The van der Waals surface area contributed by atoms with E-state index in [1.807, 2.05) is 0 Å². The molecule has 0 aromatic heterocycles. The van der Waals surface area contributed by atoms with Gasteiger partial charge in [-0.1, -0.05) is 0 Å². The molecule has 0 aliphatic heterocycles. The number of carbonyl (C=O) groups is 3. The number of carboxylic acids is 1. The number of nitrogens with one attached hydrogen (secondary N) is 2. The predicted octanol–water partition coefficient (Wildman–Crippen LogP) is 3.81. The molecule has 2 amide bonds. The van der Waals surface area contributed by atoms with Crippen molar-refractivity contribution in [1.82, 2.24) is 10.6 Å². The van der Waals surface area contributed by atoms with Crippen molar-refractivity contribution in [3.63, 3.8) is 0 Å². The Kier molecular flexibility index (Phi) is 9.15. The molecule has 0 unspecified atom stereocenters. The SMILES string of the molecule is O=C(NCCNC(=O)c1ccc(OC2CCC(C(=O)O)CC2)cc1)c1ccc(OCC(F)(F)F)cc1. The molecule has 0 radical (unpaired) electrons. The molecule has 1 aliphatic rings. The number of ether oxygens (including phenoxy) is 2. The van der Waals surface area contributed by atoms with Crippen LogP contribution in [-0.2, 0) is 4.79 Å². The Morgan fingerprint density at radius 2 is 1.28 bits per heavy atom. The minimum atomic E-state index is -4.44. The second-order valence-electron chi connectivity index (χ2n) is 8.39. The van der Waals surface area contributed by atoms with Gasteiger partial charge in [-0.05, 0) is 74.2 Å². The minimum Gasteiger partial charge on any atom is -0.490 e. The zero-order chi connectivity index (χ0) is 26.1. The van der Waals surface area contributed by atoms with Crippen molar-refractivity contribution in [3.8, 4) is 11.5 Å². The zero-order valence-corrected chi connectivity index (χ0v) is 19.3. The maximum Gasteiger partial charge on any atom is 0.422 e. The van der Waals surface area contributed by atoms with E-state index in [2.05, 4.69) is 15.4 Å². The van der Waals surface area contributed by atoms with Crippen LogP contribution in [0.15, 0.2) is 48.5 Å².